The summed E-state index contributed by atoms with van der Waals surface area (Å²) in [5, 5.41) is 0. The lowest BCUT2D eigenvalue weighted by atomic mass is 10.0. The van der Waals surface area contributed by atoms with E-state index >= 15 is 0 Å². The van der Waals surface area contributed by atoms with Crippen LogP contribution in [0.15, 0.2) is 24.3 Å². The van der Waals surface area contributed by atoms with Crippen molar-refractivity contribution in [3.63, 3.8) is 0 Å². The van der Waals surface area contributed by atoms with Crippen LogP contribution in [0.1, 0.15) is 35.7 Å². The third-order valence-corrected chi connectivity index (χ3v) is 2.28. The molecule has 0 aliphatic heterocycles. The van der Waals surface area contributed by atoms with Crippen LogP contribution in [0.4, 0.5) is 0 Å². The van der Waals surface area contributed by atoms with Crippen LogP contribution in [0.5, 0.6) is 0 Å². The summed E-state index contributed by atoms with van der Waals surface area (Å²) in [6.45, 7) is 2.06. The zero-order chi connectivity index (χ0) is 11.3. The molecule has 0 heterocycles. The van der Waals surface area contributed by atoms with Gasteiger partial charge in [0.25, 0.3) is 0 Å². The largest absolute Gasteiger partial charge is 0.370 e. The smallest absolute Gasteiger partial charge is 0.217 e. The molecule has 0 bridgehead atoms. The van der Waals surface area contributed by atoms with E-state index < -0.39 is 5.91 Å². The Morgan fingerprint density at radius 1 is 1.13 bits per heavy atom. The number of rotatable bonds is 5. The molecular weight excluding hydrogens is 190 g/mol. The fourth-order valence-corrected chi connectivity index (χ4v) is 1.31. The molecule has 0 saturated carbocycles. The van der Waals surface area contributed by atoms with Gasteiger partial charge in [-0.2, -0.15) is 0 Å². The summed E-state index contributed by atoms with van der Waals surface area (Å²) in [6.07, 6.45) is 1.27. The second kappa shape index (κ2) is 5.29. The molecule has 2 N–H and O–H groups in total. The first-order valence-corrected chi connectivity index (χ1v) is 5.04. The maximum Gasteiger partial charge on any atom is 0.217 e. The van der Waals surface area contributed by atoms with E-state index in [1.165, 1.54) is 5.56 Å². The van der Waals surface area contributed by atoms with Gasteiger partial charge in [-0.25, -0.2) is 0 Å². The number of hydrogen-bond acceptors (Lipinski definition) is 2. The van der Waals surface area contributed by atoms with Crippen molar-refractivity contribution in [1.29, 1.82) is 0 Å². The maximum atomic E-state index is 11.5. The summed E-state index contributed by atoms with van der Waals surface area (Å²) in [4.78, 5) is 22.0. The zero-order valence-corrected chi connectivity index (χ0v) is 8.82. The Labute approximate surface area is 89.3 Å². The molecule has 15 heavy (non-hydrogen) atoms. The number of ketones is 1. The summed E-state index contributed by atoms with van der Waals surface area (Å²) < 4.78 is 0. The van der Waals surface area contributed by atoms with Gasteiger partial charge in [-0.1, -0.05) is 31.2 Å². The molecule has 0 radical (unpaired) electrons. The predicted octanol–water partition coefficient (Wildman–Crippen LogP) is 1.70. The SMILES string of the molecule is CCc1ccc(C(=O)CCC(N)=O)cc1. The molecule has 0 saturated heterocycles. The van der Waals surface area contributed by atoms with Crippen molar-refractivity contribution in [2.24, 2.45) is 5.73 Å². The van der Waals surface area contributed by atoms with Gasteiger partial charge in [0.1, 0.15) is 0 Å². The molecule has 1 amide bonds. The van der Waals surface area contributed by atoms with Crippen LogP contribution in [0.3, 0.4) is 0 Å². The number of carbonyl (C=O) groups is 2. The van der Waals surface area contributed by atoms with Crippen LogP contribution in [-0.2, 0) is 11.2 Å². The van der Waals surface area contributed by atoms with Gasteiger partial charge in [0.05, 0.1) is 0 Å². The minimum atomic E-state index is -0.437. The minimum absolute atomic E-state index is 0.0311. The molecule has 0 aliphatic rings. The lowest BCUT2D eigenvalue weighted by molar-refractivity contribution is -0.118. The third-order valence-electron chi connectivity index (χ3n) is 2.28. The Bertz CT molecular complexity index is 354. The van der Waals surface area contributed by atoms with Crippen LogP contribution in [0, 0.1) is 0 Å². The highest BCUT2D eigenvalue weighted by Crippen LogP contribution is 2.08. The average Bonchev–Trinajstić information content (AvgIpc) is 2.26. The summed E-state index contributed by atoms with van der Waals surface area (Å²) >= 11 is 0. The number of nitrogens with two attached hydrogens (primary N) is 1. The highest BCUT2D eigenvalue weighted by molar-refractivity contribution is 5.97. The Balaban J connectivity index is 2.62. The molecule has 0 fully saturated rings. The molecule has 1 rings (SSSR count). The van der Waals surface area contributed by atoms with E-state index in [-0.39, 0.29) is 18.6 Å². The first-order chi connectivity index (χ1) is 7.13. The van der Waals surface area contributed by atoms with E-state index in [2.05, 4.69) is 6.92 Å². The summed E-state index contributed by atoms with van der Waals surface area (Å²) in [6, 6.07) is 7.44. The number of Topliss-reactive ketones (excluding diaryl/α,β-unsaturated/α-hetero) is 1. The standard InChI is InChI=1S/C12H15NO2/c1-2-9-3-5-10(6-4-9)11(14)7-8-12(13)15/h3-6H,2,7-8H2,1H3,(H2,13,15). The van der Waals surface area contributed by atoms with Gasteiger partial charge >= 0.3 is 0 Å². The number of primary amides is 1. The molecule has 3 heteroatoms. The van der Waals surface area contributed by atoms with E-state index in [0.29, 0.717) is 5.56 Å². The van der Waals surface area contributed by atoms with Crippen molar-refractivity contribution < 1.29 is 9.59 Å². The highest BCUT2D eigenvalue weighted by Gasteiger charge is 2.06. The van der Waals surface area contributed by atoms with Crippen molar-refractivity contribution in [3.8, 4) is 0 Å². The van der Waals surface area contributed by atoms with Crippen LogP contribution in [0.2, 0.25) is 0 Å². The number of carbonyl (C=O) groups excluding carboxylic acids is 2. The Hall–Kier alpha value is -1.64. The Morgan fingerprint density at radius 3 is 2.20 bits per heavy atom. The number of amides is 1. The number of aryl methyl sites for hydroxylation is 1. The minimum Gasteiger partial charge on any atom is -0.370 e. The molecule has 80 valence electrons. The maximum absolute atomic E-state index is 11.5. The number of hydrogen-bond donors (Lipinski definition) is 1. The highest BCUT2D eigenvalue weighted by atomic mass is 16.1. The second-order valence-corrected chi connectivity index (χ2v) is 3.44. The Morgan fingerprint density at radius 2 is 1.73 bits per heavy atom. The first-order valence-electron chi connectivity index (χ1n) is 5.04. The van der Waals surface area contributed by atoms with Gasteiger partial charge < -0.3 is 5.73 Å². The lowest BCUT2D eigenvalue weighted by Gasteiger charge is -2.01. The van der Waals surface area contributed by atoms with E-state index in [4.69, 9.17) is 5.73 Å². The average molecular weight is 205 g/mol. The molecule has 3 nitrogen and oxygen atoms in total. The van der Waals surface area contributed by atoms with Gasteiger partial charge in [-0.3, -0.25) is 9.59 Å². The fourth-order valence-electron chi connectivity index (χ4n) is 1.31. The van der Waals surface area contributed by atoms with E-state index in [1.807, 2.05) is 12.1 Å². The van der Waals surface area contributed by atoms with Gasteiger partial charge in [0.15, 0.2) is 5.78 Å². The monoisotopic (exact) mass is 205 g/mol. The molecule has 0 aromatic heterocycles. The normalized spacial score (nSPS) is 9.93. The van der Waals surface area contributed by atoms with Gasteiger partial charge in [0.2, 0.25) is 5.91 Å². The molecule has 0 spiro atoms. The first kappa shape index (κ1) is 11.4. The molecule has 0 unspecified atom stereocenters. The molecule has 1 aromatic rings. The number of benzene rings is 1. The summed E-state index contributed by atoms with van der Waals surface area (Å²) in [7, 11) is 0. The van der Waals surface area contributed by atoms with Crippen molar-refractivity contribution >= 4 is 11.7 Å². The van der Waals surface area contributed by atoms with Crippen molar-refractivity contribution in [1.82, 2.24) is 0 Å². The van der Waals surface area contributed by atoms with Gasteiger partial charge in [0, 0.05) is 18.4 Å². The van der Waals surface area contributed by atoms with Crippen LogP contribution in [0.25, 0.3) is 0 Å². The quantitative estimate of drug-likeness (QED) is 0.744. The van der Waals surface area contributed by atoms with E-state index in [0.717, 1.165) is 6.42 Å². The van der Waals surface area contributed by atoms with Crippen LogP contribution < -0.4 is 5.73 Å². The zero-order valence-electron chi connectivity index (χ0n) is 8.82. The fraction of sp³-hybridized carbons (Fsp3) is 0.333. The molecule has 1 aromatic carbocycles. The molecular formula is C12H15NO2. The predicted molar refractivity (Wildman–Crippen MR) is 58.6 cm³/mol. The van der Waals surface area contributed by atoms with Crippen molar-refractivity contribution in [3.05, 3.63) is 35.4 Å². The van der Waals surface area contributed by atoms with E-state index in [1.54, 1.807) is 12.1 Å². The second-order valence-electron chi connectivity index (χ2n) is 3.44. The van der Waals surface area contributed by atoms with Crippen LogP contribution in [-0.4, -0.2) is 11.7 Å². The Kier molecular flexibility index (Phi) is 4.03. The lowest BCUT2D eigenvalue weighted by Crippen LogP contribution is -2.12. The topological polar surface area (TPSA) is 60.2 Å². The molecule has 0 atom stereocenters. The third kappa shape index (κ3) is 3.54. The van der Waals surface area contributed by atoms with E-state index in [9.17, 15) is 9.59 Å². The molecule has 0 aliphatic carbocycles. The van der Waals surface area contributed by atoms with Crippen LogP contribution >= 0.6 is 0 Å². The van der Waals surface area contributed by atoms with Crippen molar-refractivity contribution in [2.75, 3.05) is 0 Å². The summed E-state index contributed by atoms with van der Waals surface area (Å²) in [5.74, 6) is -0.468. The van der Waals surface area contributed by atoms with Crippen molar-refractivity contribution in [2.45, 2.75) is 26.2 Å². The van der Waals surface area contributed by atoms with Gasteiger partial charge in [-0.15, -0.1) is 0 Å². The van der Waals surface area contributed by atoms with Gasteiger partial charge in [-0.05, 0) is 12.0 Å². The summed E-state index contributed by atoms with van der Waals surface area (Å²) in [5.41, 5.74) is 6.82.